The topological polar surface area (TPSA) is 38.5 Å². The summed E-state index contributed by atoms with van der Waals surface area (Å²) in [4.78, 5) is 2.42. The molecule has 19 heavy (non-hydrogen) atoms. The molecule has 1 atom stereocenters. The molecule has 0 aliphatic heterocycles. The number of likely N-dealkylation sites (N-methyl/N-ethyl adjacent to an activating group) is 1. The van der Waals surface area contributed by atoms with Crippen LogP contribution in [0, 0.1) is 11.8 Å². The molecule has 1 unspecified atom stereocenters. The fraction of sp³-hybridized carbons (Fsp3) is 1.00. The lowest BCUT2D eigenvalue weighted by molar-refractivity contribution is 0.0861. The Balaban J connectivity index is 1.60. The Kier molecular flexibility index (Phi) is 6.62. The van der Waals surface area contributed by atoms with Gasteiger partial charge in [0.25, 0.3) is 0 Å². The molecule has 2 saturated carbocycles. The second kappa shape index (κ2) is 8.23. The lowest BCUT2D eigenvalue weighted by Gasteiger charge is -2.31. The van der Waals surface area contributed by atoms with Gasteiger partial charge in [0.05, 0.1) is 6.61 Å². The molecule has 0 saturated heterocycles. The highest BCUT2D eigenvalue weighted by Gasteiger charge is 2.22. The molecule has 0 spiro atoms. The van der Waals surface area contributed by atoms with Crippen molar-refractivity contribution in [2.75, 3.05) is 33.4 Å². The lowest BCUT2D eigenvalue weighted by atomic mass is 9.84. The van der Waals surface area contributed by atoms with Gasteiger partial charge in [0, 0.05) is 25.7 Å². The van der Waals surface area contributed by atoms with Crippen LogP contribution in [0.15, 0.2) is 0 Å². The molecule has 3 nitrogen and oxygen atoms in total. The van der Waals surface area contributed by atoms with Gasteiger partial charge in [-0.05, 0) is 38.1 Å². The molecule has 0 heterocycles. The van der Waals surface area contributed by atoms with Gasteiger partial charge >= 0.3 is 0 Å². The first kappa shape index (κ1) is 15.3. The zero-order chi connectivity index (χ0) is 13.5. The fourth-order valence-corrected chi connectivity index (χ4v) is 3.19. The summed E-state index contributed by atoms with van der Waals surface area (Å²) in [5, 5.41) is 0. The number of nitrogens with two attached hydrogens (primary N) is 1. The molecule has 0 aromatic heterocycles. The quantitative estimate of drug-likeness (QED) is 0.653. The van der Waals surface area contributed by atoms with Crippen LogP contribution in [-0.2, 0) is 4.74 Å². The van der Waals surface area contributed by atoms with Crippen LogP contribution >= 0.6 is 0 Å². The molecule has 2 aliphatic carbocycles. The third-order valence-corrected chi connectivity index (χ3v) is 4.86. The second-order valence-electron chi connectivity index (χ2n) is 6.63. The van der Waals surface area contributed by atoms with Crippen LogP contribution in [0.4, 0.5) is 0 Å². The standard InChI is InChI=1S/C16H32N2O/c1-18(9-10-19-13-15-7-8-15)16(12-17)11-14-5-3-2-4-6-14/h14-16H,2-13,17H2,1H3. The minimum Gasteiger partial charge on any atom is -0.380 e. The number of hydrogen-bond donors (Lipinski definition) is 1. The highest BCUT2D eigenvalue weighted by Crippen LogP contribution is 2.29. The molecule has 0 radical (unpaired) electrons. The van der Waals surface area contributed by atoms with E-state index in [1.54, 1.807) is 0 Å². The maximum atomic E-state index is 5.97. The van der Waals surface area contributed by atoms with Crippen LogP contribution in [0.2, 0.25) is 0 Å². The van der Waals surface area contributed by atoms with Crippen LogP contribution < -0.4 is 5.73 Å². The summed E-state index contributed by atoms with van der Waals surface area (Å²) in [6.45, 7) is 3.66. The fourth-order valence-electron chi connectivity index (χ4n) is 3.19. The van der Waals surface area contributed by atoms with Crippen molar-refractivity contribution in [2.45, 2.75) is 57.4 Å². The molecule has 112 valence electrons. The Morgan fingerprint density at radius 2 is 1.84 bits per heavy atom. The van der Waals surface area contributed by atoms with Gasteiger partial charge in [-0.1, -0.05) is 32.1 Å². The zero-order valence-corrected chi connectivity index (χ0v) is 12.7. The monoisotopic (exact) mass is 268 g/mol. The first-order valence-corrected chi connectivity index (χ1v) is 8.27. The molecule has 0 aromatic rings. The smallest absolute Gasteiger partial charge is 0.0593 e. The molecule has 0 aromatic carbocycles. The summed E-state index contributed by atoms with van der Waals surface area (Å²) in [5.41, 5.74) is 5.97. The van der Waals surface area contributed by atoms with Gasteiger partial charge < -0.3 is 10.5 Å². The van der Waals surface area contributed by atoms with Gasteiger partial charge in [-0.3, -0.25) is 4.90 Å². The number of ether oxygens (including phenoxy) is 1. The van der Waals surface area contributed by atoms with E-state index in [1.165, 1.54) is 51.4 Å². The van der Waals surface area contributed by atoms with E-state index >= 15 is 0 Å². The third-order valence-electron chi connectivity index (χ3n) is 4.86. The van der Waals surface area contributed by atoms with Crippen molar-refractivity contribution in [3.8, 4) is 0 Å². The average Bonchev–Trinajstić information content (AvgIpc) is 3.26. The maximum Gasteiger partial charge on any atom is 0.0593 e. The minimum atomic E-state index is 0.549. The Morgan fingerprint density at radius 3 is 2.47 bits per heavy atom. The van der Waals surface area contributed by atoms with E-state index in [0.29, 0.717) is 6.04 Å². The van der Waals surface area contributed by atoms with Crippen molar-refractivity contribution in [1.29, 1.82) is 0 Å². The molecule has 0 bridgehead atoms. The van der Waals surface area contributed by atoms with Crippen LogP contribution in [0.25, 0.3) is 0 Å². The summed E-state index contributed by atoms with van der Waals surface area (Å²) in [5.74, 6) is 1.79. The molecular formula is C16H32N2O. The summed E-state index contributed by atoms with van der Waals surface area (Å²) >= 11 is 0. The highest BCUT2D eigenvalue weighted by atomic mass is 16.5. The van der Waals surface area contributed by atoms with Crippen molar-refractivity contribution < 1.29 is 4.74 Å². The van der Waals surface area contributed by atoms with Gasteiger partial charge in [0.2, 0.25) is 0 Å². The Bertz CT molecular complexity index is 237. The van der Waals surface area contributed by atoms with Crippen molar-refractivity contribution in [2.24, 2.45) is 17.6 Å². The van der Waals surface area contributed by atoms with Gasteiger partial charge in [-0.15, -0.1) is 0 Å². The van der Waals surface area contributed by atoms with Crippen molar-refractivity contribution in [3.63, 3.8) is 0 Å². The van der Waals surface area contributed by atoms with Crippen LogP contribution in [0.5, 0.6) is 0 Å². The van der Waals surface area contributed by atoms with Crippen molar-refractivity contribution >= 4 is 0 Å². The average molecular weight is 268 g/mol. The molecular weight excluding hydrogens is 236 g/mol. The Morgan fingerprint density at radius 1 is 1.11 bits per heavy atom. The second-order valence-corrected chi connectivity index (χ2v) is 6.63. The molecule has 2 rings (SSSR count). The van der Waals surface area contributed by atoms with Gasteiger partial charge in [0.15, 0.2) is 0 Å². The molecule has 3 heteroatoms. The first-order chi connectivity index (χ1) is 9.29. The van der Waals surface area contributed by atoms with Crippen LogP contribution in [-0.4, -0.2) is 44.3 Å². The SMILES string of the molecule is CN(CCOCC1CC1)C(CN)CC1CCCCC1. The number of nitrogens with zero attached hydrogens (tertiary/aromatic N) is 1. The summed E-state index contributed by atoms with van der Waals surface area (Å²) < 4.78 is 5.73. The van der Waals surface area contributed by atoms with E-state index in [2.05, 4.69) is 11.9 Å². The number of rotatable bonds is 9. The van der Waals surface area contributed by atoms with E-state index in [9.17, 15) is 0 Å². The van der Waals surface area contributed by atoms with E-state index in [4.69, 9.17) is 10.5 Å². The van der Waals surface area contributed by atoms with E-state index < -0.39 is 0 Å². The van der Waals surface area contributed by atoms with Gasteiger partial charge in [-0.2, -0.15) is 0 Å². The number of hydrogen-bond acceptors (Lipinski definition) is 3. The van der Waals surface area contributed by atoms with E-state index in [-0.39, 0.29) is 0 Å². The molecule has 2 N–H and O–H groups in total. The normalized spacial score (nSPS) is 22.9. The molecule has 2 aliphatic rings. The lowest BCUT2D eigenvalue weighted by Crippen LogP contribution is -2.41. The maximum absolute atomic E-state index is 5.97. The summed E-state index contributed by atoms with van der Waals surface area (Å²) in [7, 11) is 2.21. The largest absolute Gasteiger partial charge is 0.380 e. The summed E-state index contributed by atoms with van der Waals surface area (Å²) in [6, 6.07) is 0.549. The predicted molar refractivity (Wildman–Crippen MR) is 80.2 cm³/mol. The zero-order valence-electron chi connectivity index (χ0n) is 12.7. The first-order valence-electron chi connectivity index (χ1n) is 8.27. The van der Waals surface area contributed by atoms with Gasteiger partial charge in [-0.25, -0.2) is 0 Å². The van der Waals surface area contributed by atoms with E-state index in [1.807, 2.05) is 0 Å². The Hall–Kier alpha value is -0.120. The van der Waals surface area contributed by atoms with Crippen molar-refractivity contribution in [1.82, 2.24) is 4.90 Å². The van der Waals surface area contributed by atoms with Crippen molar-refractivity contribution in [3.05, 3.63) is 0 Å². The highest BCUT2D eigenvalue weighted by molar-refractivity contribution is 4.77. The van der Waals surface area contributed by atoms with Crippen LogP contribution in [0.1, 0.15) is 51.4 Å². The van der Waals surface area contributed by atoms with E-state index in [0.717, 1.165) is 38.1 Å². The van der Waals surface area contributed by atoms with Crippen LogP contribution in [0.3, 0.4) is 0 Å². The molecule has 0 amide bonds. The summed E-state index contributed by atoms with van der Waals surface area (Å²) in [6.07, 6.45) is 11.2. The van der Waals surface area contributed by atoms with Gasteiger partial charge in [0.1, 0.15) is 0 Å². The molecule has 2 fully saturated rings. The minimum absolute atomic E-state index is 0.549. The Labute approximate surface area is 118 Å². The third kappa shape index (κ3) is 5.80. The predicted octanol–water partition coefficient (Wildman–Crippen LogP) is 2.64.